The van der Waals surface area contributed by atoms with Crippen molar-refractivity contribution in [1.29, 1.82) is 0 Å². The van der Waals surface area contributed by atoms with E-state index in [9.17, 15) is 0 Å². The highest BCUT2D eigenvalue weighted by Gasteiger charge is 2.35. The minimum Gasteiger partial charge on any atom is -0.295 e. The van der Waals surface area contributed by atoms with Crippen LogP contribution in [0.5, 0.6) is 0 Å². The van der Waals surface area contributed by atoms with Crippen molar-refractivity contribution in [3.8, 4) is 0 Å². The summed E-state index contributed by atoms with van der Waals surface area (Å²) >= 11 is 0. The minimum absolute atomic E-state index is 0.722. The van der Waals surface area contributed by atoms with Crippen LogP contribution in [0.25, 0.3) is 0 Å². The molecule has 0 aromatic carbocycles. The molecule has 1 nitrogen and oxygen atoms in total. The van der Waals surface area contributed by atoms with Crippen LogP contribution in [0.1, 0.15) is 53.9 Å². The van der Waals surface area contributed by atoms with Gasteiger partial charge in [-0.25, -0.2) is 0 Å². The Labute approximate surface area is 83.5 Å². The van der Waals surface area contributed by atoms with E-state index in [1.807, 2.05) is 0 Å². The number of nitrogens with zero attached hydrogens (tertiary/aromatic N) is 1. The molecule has 1 fully saturated rings. The van der Waals surface area contributed by atoms with Gasteiger partial charge in [-0.15, -0.1) is 0 Å². The zero-order valence-electron chi connectivity index (χ0n) is 9.88. The van der Waals surface area contributed by atoms with Crippen LogP contribution >= 0.6 is 0 Å². The lowest BCUT2D eigenvalue weighted by Crippen LogP contribution is -2.43. The number of likely N-dealkylation sites (tertiary alicyclic amines) is 1. The van der Waals surface area contributed by atoms with E-state index >= 15 is 0 Å². The average molecular weight is 183 g/mol. The molecule has 0 aromatic rings. The Morgan fingerprint density at radius 1 is 1.15 bits per heavy atom. The first-order valence-electron chi connectivity index (χ1n) is 5.85. The Kier molecular flexibility index (Phi) is 3.78. The molecule has 0 N–H and O–H groups in total. The van der Waals surface area contributed by atoms with Gasteiger partial charge in [-0.3, -0.25) is 4.90 Å². The standard InChI is InChI=1S/C12H25N/c1-6-11-7-8-12(9(2)3)13(11)10(4)5/h9-12H,6-8H2,1-5H3/t11?,12-/m0/s1. The first kappa shape index (κ1) is 11.0. The molecule has 0 amide bonds. The van der Waals surface area contributed by atoms with E-state index in [0.717, 1.165) is 24.0 Å². The van der Waals surface area contributed by atoms with Crippen molar-refractivity contribution in [3.63, 3.8) is 0 Å². The van der Waals surface area contributed by atoms with Gasteiger partial charge in [0.1, 0.15) is 0 Å². The molecule has 0 aromatic heterocycles. The molecule has 0 saturated carbocycles. The molecule has 2 atom stereocenters. The second-order valence-corrected chi connectivity index (χ2v) is 4.99. The molecule has 0 radical (unpaired) electrons. The van der Waals surface area contributed by atoms with E-state index in [2.05, 4.69) is 39.5 Å². The molecule has 1 heterocycles. The van der Waals surface area contributed by atoms with E-state index in [4.69, 9.17) is 0 Å². The Hall–Kier alpha value is -0.0400. The summed E-state index contributed by atoms with van der Waals surface area (Å²) in [6.45, 7) is 11.7. The molecule has 1 saturated heterocycles. The Morgan fingerprint density at radius 3 is 2.15 bits per heavy atom. The van der Waals surface area contributed by atoms with Crippen LogP contribution in [0.15, 0.2) is 0 Å². The van der Waals surface area contributed by atoms with Crippen molar-refractivity contribution in [2.75, 3.05) is 0 Å². The van der Waals surface area contributed by atoms with Crippen LogP contribution in [0.3, 0.4) is 0 Å². The maximum absolute atomic E-state index is 2.74. The molecule has 0 aliphatic carbocycles. The highest BCUT2D eigenvalue weighted by Crippen LogP contribution is 2.32. The lowest BCUT2D eigenvalue weighted by Gasteiger charge is -2.35. The van der Waals surface area contributed by atoms with Crippen LogP contribution in [0.4, 0.5) is 0 Å². The SMILES string of the molecule is CCC1CC[C@@H](C(C)C)N1C(C)C. The van der Waals surface area contributed by atoms with E-state index in [0.29, 0.717) is 0 Å². The highest BCUT2D eigenvalue weighted by molar-refractivity contribution is 4.90. The van der Waals surface area contributed by atoms with E-state index in [1.54, 1.807) is 0 Å². The maximum atomic E-state index is 2.74. The normalized spacial score (nSPS) is 30.7. The van der Waals surface area contributed by atoms with Gasteiger partial charge in [0.2, 0.25) is 0 Å². The lowest BCUT2D eigenvalue weighted by atomic mass is 10.0. The summed E-state index contributed by atoms with van der Waals surface area (Å²) in [7, 11) is 0. The van der Waals surface area contributed by atoms with Gasteiger partial charge in [-0.05, 0) is 39.0 Å². The summed E-state index contributed by atoms with van der Waals surface area (Å²) in [6, 6.07) is 2.41. The minimum atomic E-state index is 0.722. The molecule has 0 spiro atoms. The third-order valence-corrected chi connectivity index (χ3v) is 3.44. The van der Waals surface area contributed by atoms with Crippen LogP contribution in [-0.2, 0) is 0 Å². The Morgan fingerprint density at radius 2 is 1.77 bits per heavy atom. The zero-order valence-corrected chi connectivity index (χ0v) is 9.88. The third-order valence-electron chi connectivity index (χ3n) is 3.44. The molecule has 1 unspecified atom stereocenters. The van der Waals surface area contributed by atoms with Crippen LogP contribution in [0, 0.1) is 5.92 Å². The van der Waals surface area contributed by atoms with Gasteiger partial charge in [0, 0.05) is 18.1 Å². The topological polar surface area (TPSA) is 3.24 Å². The largest absolute Gasteiger partial charge is 0.295 e. The van der Waals surface area contributed by atoms with Gasteiger partial charge in [0.25, 0.3) is 0 Å². The summed E-state index contributed by atoms with van der Waals surface area (Å²) in [5.41, 5.74) is 0. The second kappa shape index (κ2) is 4.45. The van der Waals surface area contributed by atoms with Gasteiger partial charge in [-0.1, -0.05) is 20.8 Å². The fourth-order valence-electron chi connectivity index (χ4n) is 2.83. The molecule has 1 rings (SSSR count). The fraction of sp³-hybridized carbons (Fsp3) is 1.00. The second-order valence-electron chi connectivity index (χ2n) is 4.99. The molecule has 1 aliphatic heterocycles. The quantitative estimate of drug-likeness (QED) is 0.649. The smallest absolute Gasteiger partial charge is 0.0124 e. The maximum Gasteiger partial charge on any atom is 0.0124 e. The third kappa shape index (κ3) is 2.25. The van der Waals surface area contributed by atoms with Gasteiger partial charge in [-0.2, -0.15) is 0 Å². The number of hydrogen-bond acceptors (Lipinski definition) is 1. The van der Waals surface area contributed by atoms with Crippen molar-refractivity contribution >= 4 is 0 Å². The number of hydrogen-bond donors (Lipinski definition) is 0. The van der Waals surface area contributed by atoms with Crippen molar-refractivity contribution in [3.05, 3.63) is 0 Å². The molecular weight excluding hydrogens is 158 g/mol. The van der Waals surface area contributed by atoms with Gasteiger partial charge >= 0.3 is 0 Å². The lowest BCUT2D eigenvalue weighted by molar-refractivity contribution is 0.117. The first-order chi connectivity index (χ1) is 6.07. The van der Waals surface area contributed by atoms with Crippen LogP contribution < -0.4 is 0 Å². The molecule has 0 bridgehead atoms. The molecular formula is C12H25N. The van der Waals surface area contributed by atoms with Crippen molar-refractivity contribution in [2.45, 2.75) is 72.0 Å². The highest BCUT2D eigenvalue weighted by atomic mass is 15.2. The summed E-state index contributed by atoms with van der Waals surface area (Å²) in [4.78, 5) is 2.74. The molecule has 1 heteroatoms. The number of rotatable bonds is 3. The predicted octanol–water partition coefficient (Wildman–Crippen LogP) is 3.29. The summed E-state index contributed by atoms with van der Waals surface area (Å²) in [5.74, 6) is 0.818. The van der Waals surface area contributed by atoms with Gasteiger partial charge in [0.05, 0.1) is 0 Å². The Balaban J connectivity index is 2.67. The van der Waals surface area contributed by atoms with Gasteiger partial charge in [0.15, 0.2) is 0 Å². The van der Waals surface area contributed by atoms with E-state index in [1.165, 1.54) is 19.3 Å². The van der Waals surface area contributed by atoms with E-state index < -0.39 is 0 Å². The van der Waals surface area contributed by atoms with Crippen LogP contribution in [0.2, 0.25) is 0 Å². The van der Waals surface area contributed by atoms with E-state index in [-0.39, 0.29) is 0 Å². The monoisotopic (exact) mass is 183 g/mol. The summed E-state index contributed by atoms with van der Waals surface area (Å²) in [6.07, 6.45) is 4.15. The summed E-state index contributed by atoms with van der Waals surface area (Å²) < 4.78 is 0. The molecule has 1 aliphatic rings. The van der Waals surface area contributed by atoms with Crippen molar-refractivity contribution < 1.29 is 0 Å². The average Bonchev–Trinajstić information content (AvgIpc) is 2.46. The van der Waals surface area contributed by atoms with Crippen LogP contribution in [-0.4, -0.2) is 23.0 Å². The zero-order chi connectivity index (χ0) is 10.0. The molecule has 13 heavy (non-hydrogen) atoms. The van der Waals surface area contributed by atoms with Gasteiger partial charge < -0.3 is 0 Å². The first-order valence-corrected chi connectivity index (χ1v) is 5.85. The van der Waals surface area contributed by atoms with Crippen molar-refractivity contribution in [1.82, 2.24) is 4.90 Å². The predicted molar refractivity (Wildman–Crippen MR) is 58.9 cm³/mol. The molecule has 78 valence electrons. The fourth-order valence-corrected chi connectivity index (χ4v) is 2.83. The summed E-state index contributed by atoms with van der Waals surface area (Å²) in [5, 5.41) is 0. The Bertz CT molecular complexity index is 151. The van der Waals surface area contributed by atoms with Crippen molar-refractivity contribution in [2.24, 2.45) is 5.92 Å².